The first kappa shape index (κ1) is 9.01. The maximum absolute atomic E-state index is 11.7. The van der Waals surface area contributed by atoms with Gasteiger partial charge in [0.05, 0.1) is 18.0 Å². The maximum Gasteiger partial charge on any atom is 0.274 e. The van der Waals surface area contributed by atoms with Gasteiger partial charge in [-0.1, -0.05) is 0 Å². The van der Waals surface area contributed by atoms with E-state index in [0.29, 0.717) is 30.9 Å². The third-order valence-corrected chi connectivity index (χ3v) is 2.33. The summed E-state index contributed by atoms with van der Waals surface area (Å²) in [6.07, 6.45) is 1.61. The fraction of sp³-hybridized carbons (Fsp3) is 0.500. The molecule has 14 heavy (non-hydrogen) atoms. The number of carbonyl (C=O) groups is 1. The third-order valence-electron chi connectivity index (χ3n) is 2.33. The number of hydrogen-bond donors (Lipinski definition) is 3. The highest BCUT2D eigenvalue weighted by atomic mass is 16.3. The van der Waals surface area contributed by atoms with E-state index in [1.807, 2.05) is 0 Å². The van der Waals surface area contributed by atoms with Crippen LogP contribution in [0.4, 0.5) is 5.69 Å². The number of rotatable bonds is 1. The largest absolute Gasteiger partial charge is 0.396 e. The second-order valence-electron chi connectivity index (χ2n) is 3.39. The molecule has 2 rings (SSSR count). The van der Waals surface area contributed by atoms with E-state index in [9.17, 15) is 9.90 Å². The Hall–Kier alpha value is -1.56. The number of aromatic nitrogens is 2. The van der Waals surface area contributed by atoms with Crippen LogP contribution in [0.3, 0.4) is 0 Å². The van der Waals surface area contributed by atoms with E-state index in [0.717, 1.165) is 0 Å². The molecule has 0 radical (unpaired) electrons. The molecule has 4 N–H and O–H groups in total. The minimum absolute atomic E-state index is 0.198. The molecule has 76 valence electrons. The zero-order valence-electron chi connectivity index (χ0n) is 7.60. The number of hydrogen-bond acceptors (Lipinski definition) is 4. The van der Waals surface area contributed by atoms with Gasteiger partial charge in [0, 0.05) is 13.1 Å². The Kier molecular flexibility index (Phi) is 2.12. The molecule has 1 aromatic rings. The molecular weight excluding hydrogens is 184 g/mol. The van der Waals surface area contributed by atoms with Crippen molar-refractivity contribution in [2.75, 3.05) is 18.8 Å². The first-order valence-electron chi connectivity index (χ1n) is 4.44. The van der Waals surface area contributed by atoms with Crippen LogP contribution in [-0.4, -0.2) is 45.3 Å². The van der Waals surface area contributed by atoms with E-state index in [1.54, 1.807) is 4.90 Å². The lowest BCUT2D eigenvalue weighted by Crippen LogP contribution is -2.30. The van der Waals surface area contributed by atoms with Crippen LogP contribution < -0.4 is 5.73 Å². The molecule has 1 aliphatic rings. The van der Waals surface area contributed by atoms with Crippen LogP contribution >= 0.6 is 0 Å². The lowest BCUT2D eigenvalue weighted by Gasteiger charge is -2.14. The molecule has 1 fully saturated rings. The number of nitrogens with zero attached hydrogens (tertiary/aromatic N) is 2. The molecule has 1 amide bonds. The number of amides is 1. The number of aromatic amines is 1. The monoisotopic (exact) mass is 196 g/mol. The average molecular weight is 196 g/mol. The number of H-pyrrole nitrogens is 1. The summed E-state index contributed by atoms with van der Waals surface area (Å²) in [7, 11) is 0. The van der Waals surface area contributed by atoms with Gasteiger partial charge in [0.2, 0.25) is 0 Å². The highest BCUT2D eigenvalue weighted by molar-refractivity contribution is 5.97. The molecule has 1 unspecified atom stereocenters. The van der Waals surface area contributed by atoms with Gasteiger partial charge < -0.3 is 15.7 Å². The van der Waals surface area contributed by atoms with Gasteiger partial charge in [0.15, 0.2) is 0 Å². The minimum Gasteiger partial charge on any atom is -0.396 e. The Morgan fingerprint density at radius 3 is 3.07 bits per heavy atom. The highest BCUT2D eigenvalue weighted by Gasteiger charge is 2.27. The average Bonchev–Trinajstić information content (AvgIpc) is 2.73. The van der Waals surface area contributed by atoms with E-state index in [2.05, 4.69) is 10.2 Å². The SMILES string of the molecule is Nc1cn[nH]c1C(=O)N1CCC(O)C1. The summed E-state index contributed by atoms with van der Waals surface area (Å²) >= 11 is 0. The molecule has 2 heterocycles. The maximum atomic E-state index is 11.7. The van der Waals surface area contributed by atoms with Crippen molar-refractivity contribution in [2.24, 2.45) is 0 Å². The van der Waals surface area contributed by atoms with E-state index in [4.69, 9.17) is 5.73 Å². The Morgan fingerprint density at radius 2 is 2.57 bits per heavy atom. The fourth-order valence-electron chi connectivity index (χ4n) is 1.55. The number of anilines is 1. The van der Waals surface area contributed by atoms with E-state index in [-0.39, 0.29) is 5.91 Å². The summed E-state index contributed by atoms with van der Waals surface area (Å²) in [6, 6.07) is 0. The molecule has 6 heteroatoms. The summed E-state index contributed by atoms with van der Waals surface area (Å²) in [5.41, 5.74) is 6.19. The number of carbonyl (C=O) groups excluding carboxylic acids is 1. The smallest absolute Gasteiger partial charge is 0.274 e. The molecule has 1 aliphatic heterocycles. The Balaban J connectivity index is 2.13. The molecular formula is C8H12N4O2. The van der Waals surface area contributed by atoms with E-state index in [1.165, 1.54) is 6.20 Å². The van der Waals surface area contributed by atoms with Crippen molar-refractivity contribution in [3.8, 4) is 0 Å². The molecule has 0 bridgehead atoms. The fourth-order valence-corrected chi connectivity index (χ4v) is 1.55. The lowest BCUT2D eigenvalue weighted by molar-refractivity contribution is 0.0760. The first-order chi connectivity index (χ1) is 6.68. The van der Waals surface area contributed by atoms with Crippen LogP contribution in [0.5, 0.6) is 0 Å². The van der Waals surface area contributed by atoms with E-state index >= 15 is 0 Å². The van der Waals surface area contributed by atoms with Crippen molar-refractivity contribution < 1.29 is 9.90 Å². The van der Waals surface area contributed by atoms with Crippen LogP contribution in [0.25, 0.3) is 0 Å². The minimum atomic E-state index is -0.414. The number of aliphatic hydroxyl groups excluding tert-OH is 1. The van der Waals surface area contributed by atoms with Crippen molar-refractivity contribution in [3.05, 3.63) is 11.9 Å². The number of β-amino-alcohol motifs (C(OH)–C–C–N with tert-alkyl or cyclic N) is 1. The van der Waals surface area contributed by atoms with Crippen LogP contribution in [-0.2, 0) is 0 Å². The third kappa shape index (κ3) is 1.44. The predicted molar refractivity (Wildman–Crippen MR) is 49.5 cm³/mol. The van der Waals surface area contributed by atoms with Gasteiger partial charge in [-0.3, -0.25) is 9.89 Å². The van der Waals surface area contributed by atoms with Crippen molar-refractivity contribution in [3.63, 3.8) is 0 Å². The molecule has 6 nitrogen and oxygen atoms in total. The molecule has 0 aliphatic carbocycles. The molecule has 1 saturated heterocycles. The summed E-state index contributed by atoms with van der Waals surface area (Å²) in [6.45, 7) is 0.940. The summed E-state index contributed by atoms with van der Waals surface area (Å²) in [5, 5.41) is 15.5. The lowest BCUT2D eigenvalue weighted by atomic mass is 10.3. The Morgan fingerprint density at radius 1 is 1.79 bits per heavy atom. The van der Waals surface area contributed by atoms with Crippen molar-refractivity contribution in [1.82, 2.24) is 15.1 Å². The molecule has 0 saturated carbocycles. The second kappa shape index (κ2) is 3.30. The van der Waals surface area contributed by atoms with Gasteiger partial charge in [-0.15, -0.1) is 0 Å². The van der Waals surface area contributed by atoms with Gasteiger partial charge in [0.1, 0.15) is 5.69 Å². The summed E-state index contributed by atoms with van der Waals surface area (Å²) < 4.78 is 0. The predicted octanol–water partition coefficient (Wildman–Crippen LogP) is -0.801. The van der Waals surface area contributed by atoms with Gasteiger partial charge in [-0.05, 0) is 6.42 Å². The quantitative estimate of drug-likeness (QED) is 0.548. The summed E-state index contributed by atoms with van der Waals surface area (Å²) in [4.78, 5) is 13.3. The number of nitrogen functional groups attached to an aromatic ring is 1. The number of nitrogens with one attached hydrogen (secondary N) is 1. The molecule has 0 aromatic carbocycles. The standard InChI is InChI=1S/C8H12N4O2/c9-6-3-10-11-7(6)8(14)12-2-1-5(13)4-12/h3,5,13H,1-2,4,9H2,(H,10,11). The second-order valence-corrected chi connectivity index (χ2v) is 3.39. The van der Waals surface area contributed by atoms with Crippen LogP contribution in [0.15, 0.2) is 6.20 Å². The molecule has 1 aromatic heterocycles. The van der Waals surface area contributed by atoms with Crippen LogP contribution in [0, 0.1) is 0 Å². The first-order valence-corrected chi connectivity index (χ1v) is 4.44. The van der Waals surface area contributed by atoms with Crippen molar-refractivity contribution in [1.29, 1.82) is 0 Å². The van der Waals surface area contributed by atoms with Crippen LogP contribution in [0.1, 0.15) is 16.9 Å². The van der Waals surface area contributed by atoms with Gasteiger partial charge >= 0.3 is 0 Å². The number of aliphatic hydroxyl groups is 1. The van der Waals surface area contributed by atoms with Crippen LogP contribution in [0.2, 0.25) is 0 Å². The Labute approximate surface area is 80.7 Å². The van der Waals surface area contributed by atoms with Gasteiger partial charge in [-0.2, -0.15) is 5.10 Å². The molecule has 0 spiro atoms. The molecule has 1 atom stereocenters. The van der Waals surface area contributed by atoms with E-state index < -0.39 is 6.10 Å². The topological polar surface area (TPSA) is 95.2 Å². The highest BCUT2D eigenvalue weighted by Crippen LogP contribution is 2.15. The Bertz CT molecular complexity index is 349. The zero-order valence-corrected chi connectivity index (χ0v) is 7.60. The van der Waals surface area contributed by atoms with Crippen molar-refractivity contribution >= 4 is 11.6 Å². The zero-order chi connectivity index (χ0) is 10.1. The summed E-state index contributed by atoms with van der Waals surface area (Å²) in [5.74, 6) is -0.198. The number of likely N-dealkylation sites (tertiary alicyclic amines) is 1. The van der Waals surface area contributed by atoms with Gasteiger partial charge in [0.25, 0.3) is 5.91 Å². The number of nitrogens with two attached hydrogens (primary N) is 1. The van der Waals surface area contributed by atoms with Gasteiger partial charge in [-0.25, -0.2) is 0 Å². The normalized spacial score (nSPS) is 21.5. The van der Waals surface area contributed by atoms with Crippen molar-refractivity contribution in [2.45, 2.75) is 12.5 Å².